The molecular weight excluding hydrogens is 238 g/mol. The van der Waals surface area contributed by atoms with Gasteiger partial charge in [-0.1, -0.05) is 5.16 Å². The number of esters is 1. The molecular formula is C10H13N5O3. The van der Waals surface area contributed by atoms with Crippen molar-refractivity contribution in [2.24, 2.45) is 0 Å². The summed E-state index contributed by atoms with van der Waals surface area (Å²) in [4.78, 5) is 15.7. The zero-order valence-corrected chi connectivity index (χ0v) is 10.4. The first kappa shape index (κ1) is 12.2. The van der Waals surface area contributed by atoms with Crippen LogP contribution in [-0.4, -0.2) is 37.5 Å². The minimum absolute atomic E-state index is 0.130. The number of carbonyl (C=O) groups is 1. The molecule has 0 spiro atoms. The Kier molecular flexibility index (Phi) is 3.35. The minimum Gasteiger partial charge on any atom is -0.460 e. The molecule has 0 aliphatic heterocycles. The van der Waals surface area contributed by atoms with Gasteiger partial charge in [-0.15, -0.1) is 10.2 Å². The van der Waals surface area contributed by atoms with Crippen LogP contribution in [0.15, 0.2) is 4.52 Å². The first-order valence-electron chi connectivity index (χ1n) is 5.48. The van der Waals surface area contributed by atoms with E-state index in [9.17, 15) is 4.79 Å². The fraction of sp³-hybridized carbons (Fsp3) is 0.500. The molecule has 0 N–H and O–H groups in total. The second-order valence-corrected chi connectivity index (χ2v) is 3.61. The molecule has 2 rings (SSSR count). The Hall–Kier alpha value is -2.25. The van der Waals surface area contributed by atoms with Crippen LogP contribution in [0.5, 0.6) is 0 Å². The van der Waals surface area contributed by atoms with Crippen LogP contribution >= 0.6 is 0 Å². The minimum atomic E-state index is -0.519. The summed E-state index contributed by atoms with van der Waals surface area (Å²) in [7, 11) is 0. The Morgan fingerprint density at radius 3 is 2.78 bits per heavy atom. The molecule has 8 nitrogen and oxygen atoms in total. The topological polar surface area (TPSA) is 95.9 Å². The zero-order valence-electron chi connectivity index (χ0n) is 10.4. The van der Waals surface area contributed by atoms with Gasteiger partial charge in [0, 0.05) is 0 Å². The molecule has 18 heavy (non-hydrogen) atoms. The SMILES string of the molecule is CCOC(=O)c1nnc(C)n1Cc1nc(C)no1. The molecule has 0 saturated carbocycles. The second kappa shape index (κ2) is 4.94. The van der Waals surface area contributed by atoms with Crippen molar-refractivity contribution in [2.75, 3.05) is 6.61 Å². The highest BCUT2D eigenvalue weighted by Gasteiger charge is 2.19. The predicted molar refractivity (Wildman–Crippen MR) is 58.9 cm³/mol. The van der Waals surface area contributed by atoms with Gasteiger partial charge in [0.05, 0.1) is 6.61 Å². The fourth-order valence-corrected chi connectivity index (χ4v) is 1.46. The molecule has 0 aliphatic rings. The Morgan fingerprint density at radius 1 is 1.39 bits per heavy atom. The van der Waals surface area contributed by atoms with E-state index >= 15 is 0 Å². The van der Waals surface area contributed by atoms with Crippen molar-refractivity contribution in [1.82, 2.24) is 24.9 Å². The van der Waals surface area contributed by atoms with Gasteiger partial charge in [-0.2, -0.15) is 4.98 Å². The second-order valence-electron chi connectivity index (χ2n) is 3.61. The molecule has 96 valence electrons. The summed E-state index contributed by atoms with van der Waals surface area (Å²) < 4.78 is 11.5. The van der Waals surface area contributed by atoms with Gasteiger partial charge in [-0.3, -0.25) is 4.57 Å². The van der Waals surface area contributed by atoms with E-state index in [1.54, 1.807) is 25.3 Å². The Balaban J connectivity index is 2.26. The van der Waals surface area contributed by atoms with Gasteiger partial charge < -0.3 is 9.26 Å². The number of aromatic nitrogens is 5. The van der Waals surface area contributed by atoms with Crippen molar-refractivity contribution in [2.45, 2.75) is 27.3 Å². The van der Waals surface area contributed by atoms with Crippen molar-refractivity contribution in [3.63, 3.8) is 0 Å². The summed E-state index contributed by atoms with van der Waals surface area (Å²) in [6, 6.07) is 0. The molecule has 0 saturated heterocycles. The van der Waals surface area contributed by atoms with E-state index in [4.69, 9.17) is 9.26 Å². The monoisotopic (exact) mass is 251 g/mol. The summed E-state index contributed by atoms with van der Waals surface area (Å²) in [6.07, 6.45) is 0. The van der Waals surface area contributed by atoms with Crippen molar-refractivity contribution < 1.29 is 14.1 Å². The first-order chi connectivity index (χ1) is 8.61. The quantitative estimate of drug-likeness (QED) is 0.730. The van der Waals surface area contributed by atoms with E-state index in [0.29, 0.717) is 17.5 Å². The molecule has 0 atom stereocenters. The summed E-state index contributed by atoms with van der Waals surface area (Å²) in [5.74, 6) is 1.11. The van der Waals surface area contributed by atoms with Crippen LogP contribution in [0, 0.1) is 13.8 Å². The Morgan fingerprint density at radius 2 is 2.17 bits per heavy atom. The lowest BCUT2D eigenvalue weighted by molar-refractivity contribution is 0.0505. The zero-order chi connectivity index (χ0) is 13.1. The molecule has 0 bridgehead atoms. The van der Waals surface area contributed by atoms with Crippen molar-refractivity contribution >= 4 is 5.97 Å². The van der Waals surface area contributed by atoms with Crippen molar-refractivity contribution in [3.8, 4) is 0 Å². The third kappa shape index (κ3) is 2.36. The van der Waals surface area contributed by atoms with E-state index in [1.165, 1.54) is 0 Å². The lowest BCUT2D eigenvalue weighted by Gasteiger charge is -2.04. The van der Waals surface area contributed by atoms with Gasteiger partial charge in [0.2, 0.25) is 11.7 Å². The average Bonchev–Trinajstić information content (AvgIpc) is 2.88. The number of hydrogen-bond acceptors (Lipinski definition) is 7. The molecule has 0 fully saturated rings. The van der Waals surface area contributed by atoms with Crippen LogP contribution in [0.3, 0.4) is 0 Å². The van der Waals surface area contributed by atoms with Crippen LogP contribution in [0.2, 0.25) is 0 Å². The normalized spacial score (nSPS) is 10.6. The highest BCUT2D eigenvalue weighted by atomic mass is 16.5. The molecule has 2 heterocycles. The van der Waals surface area contributed by atoms with Crippen LogP contribution < -0.4 is 0 Å². The van der Waals surface area contributed by atoms with Crippen LogP contribution in [0.1, 0.15) is 35.1 Å². The number of carbonyl (C=O) groups excluding carboxylic acids is 1. The summed E-state index contributed by atoms with van der Waals surface area (Å²) in [5, 5.41) is 11.3. The van der Waals surface area contributed by atoms with E-state index in [1.807, 2.05) is 0 Å². The summed E-state index contributed by atoms with van der Waals surface area (Å²) >= 11 is 0. The summed E-state index contributed by atoms with van der Waals surface area (Å²) in [5.41, 5.74) is 0. The van der Waals surface area contributed by atoms with Crippen molar-refractivity contribution in [1.29, 1.82) is 0 Å². The highest BCUT2D eigenvalue weighted by molar-refractivity contribution is 5.85. The predicted octanol–water partition coefficient (Wildman–Crippen LogP) is 0.503. The number of nitrogens with zero attached hydrogens (tertiary/aromatic N) is 5. The number of ether oxygens (including phenoxy) is 1. The maximum absolute atomic E-state index is 11.7. The van der Waals surface area contributed by atoms with Crippen LogP contribution in [-0.2, 0) is 11.3 Å². The van der Waals surface area contributed by atoms with Gasteiger partial charge >= 0.3 is 5.97 Å². The lowest BCUT2D eigenvalue weighted by Crippen LogP contribution is -2.15. The van der Waals surface area contributed by atoms with Gasteiger partial charge in [0.25, 0.3) is 0 Å². The number of aryl methyl sites for hydroxylation is 2. The molecule has 0 amide bonds. The molecule has 8 heteroatoms. The average molecular weight is 251 g/mol. The van der Waals surface area contributed by atoms with E-state index in [-0.39, 0.29) is 19.0 Å². The van der Waals surface area contributed by atoms with E-state index < -0.39 is 5.97 Å². The fourth-order valence-electron chi connectivity index (χ4n) is 1.46. The van der Waals surface area contributed by atoms with Gasteiger partial charge in [0.15, 0.2) is 5.82 Å². The van der Waals surface area contributed by atoms with Crippen molar-refractivity contribution in [3.05, 3.63) is 23.4 Å². The number of rotatable bonds is 4. The molecule has 0 aromatic carbocycles. The third-order valence-corrected chi connectivity index (χ3v) is 2.26. The highest BCUT2D eigenvalue weighted by Crippen LogP contribution is 2.07. The Bertz CT molecular complexity index is 560. The smallest absolute Gasteiger partial charge is 0.376 e. The largest absolute Gasteiger partial charge is 0.460 e. The van der Waals surface area contributed by atoms with Gasteiger partial charge in [-0.25, -0.2) is 4.79 Å². The van der Waals surface area contributed by atoms with Gasteiger partial charge in [0.1, 0.15) is 12.4 Å². The lowest BCUT2D eigenvalue weighted by atomic mass is 10.5. The van der Waals surface area contributed by atoms with Gasteiger partial charge in [-0.05, 0) is 20.8 Å². The molecule has 2 aromatic heterocycles. The summed E-state index contributed by atoms with van der Waals surface area (Å²) in [6.45, 7) is 5.71. The molecule has 0 aliphatic carbocycles. The Labute approximate surface area is 103 Å². The standard InChI is InChI=1S/C10H13N5O3/c1-4-17-10(16)9-13-12-7(3)15(9)5-8-11-6(2)14-18-8/h4-5H2,1-3H3. The molecule has 0 radical (unpaired) electrons. The third-order valence-electron chi connectivity index (χ3n) is 2.26. The molecule has 2 aromatic rings. The van der Waals surface area contributed by atoms with E-state index in [0.717, 1.165) is 0 Å². The number of hydrogen-bond donors (Lipinski definition) is 0. The molecule has 0 unspecified atom stereocenters. The first-order valence-corrected chi connectivity index (χ1v) is 5.48. The van der Waals surface area contributed by atoms with Crippen LogP contribution in [0.25, 0.3) is 0 Å². The van der Waals surface area contributed by atoms with E-state index in [2.05, 4.69) is 20.3 Å². The maximum Gasteiger partial charge on any atom is 0.376 e. The van der Waals surface area contributed by atoms with Crippen LogP contribution in [0.4, 0.5) is 0 Å². The maximum atomic E-state index is 11.7.